The van der Waals surface area contributed by atoms with Crippen LogP contribution in [0.3, 0.4) is 0 Å². The van der Waals surface area contributed by atoms with Crippen LogP contribution < -0.4 is 9.46 Å². The van der Waals surface area contributed by atoms with Gasteiger partial charge in [0.2, 0.25) is 10.0 Å². The van der Waals surface area contributed by atoms with Crippen LogP contribution in [-0.4, -0.2) is 32.8 Å². The highest BCUT2D eigenvalue weighted by atomic mass is 32.2. The van der Waals surface area contributed by atoms with E-state index < -0.39 is 10.0 Å². The summed E-state index contributed by atoms with van der Waals surface area (Å²) in [5.74, 6) is 0.605. The first-order chi connectivity index (χ1) is 8.62. The van der Waals surface area contributed by atoms with E-state index in [1.165, 1.54) is 12.1 Å². The van der Waals surface area contributed by atoms with E-state index in [0.29, 0.717) is 18.8 Å². The van der Waals surface area contributed by atoms with E-state index in [4.69, 9.17) is 9.84 Å². The monoisotopic (exact) mass is 271 g/mol. The summed E-state index contributed by atoms with van der Waals surface area (Å²) in [7, 11) is -3.38. The number of aliphatic hydroxyl groups is 1. The Kier molecular flexibility index (Phi) is 4.21. The lowest BCUT2D eigenvalue weighted by atomic mass is 10.3. The zero-order chi connectivity index (χ0) is 13.0. The SMILES string of the molecule is O=S(=O)(NC1CC1)c1ccc(OCCCO)cc1. The highest BCUT2D eigenvalue weighted by Gasteiger charge is 2.27. The summed E-state index contributed by atoms with van der Waals surface area (Å²) < 4.78 is 31.7. The Balaban J connectivity index is 1.97. The number of ether oxygens (including phenoxy) is 1. The molecular formula is C12H17NO4S. The lowest BCUT2D eigenvalue weighted by Gasteiger charge is -2.07. The summed E-state index contributed by atoms with van der Waals surface area (Å²) in [5, 5.41) is 8.62. The molecule has 0 aromatic heterocycles. The molecular weight excluding hydrogens is 254 g/mol. The minimum absolute atomic E-state index is 0.0811. The predicted octanol–water partition coefficient (Wildman–Crippen LogP) is 0.889. The van der Waals surface area contributed by atoms with Gasteiger partial charge >= 0.3 is 0 Å². The summed E-state index contributed by atoms with van der Waals surface area (Å²) in [5.41, 5.74) is 0. The number of sulfonamides is 1. The lowest BCUT2D eigenvalue weighted by Crippen LogP contribution is -2.25. The minimum atomic E-state index is -3.38. The third-order valence-electron chi connectivity index (χ3n) is 2.60. The summed E-state index contributed by atoms with van der Waals surface area (Å²) in [6.07, 6.45) is 2.40. The van der Waals surface area contributed by atoms with Crippen LogP contribution >= 0.6 is 0 Å². The topological polar surface area (TPSA) is 75.6 Å². The first-order valence-corrected chi connectivity index (χ1v) is 7.46. The van der Waals surface area contributed by atoms with Crippen LogP contribution in [0.5, 0.6) is 5.75 Å². The van der Waals surface area contributed by atoms with Gasteiger partial charge in [-0.05, 0) is 37.1 Å². The van der Waals surface area contributed by atoms with Crippen LogP contribution in [0, 0.1) is 0 Å². The molecule has 1 aliphatic carbocycles. The molecule has 2 rings (SSSR count). The molecule has 6 heteroatoms. The van der Waals surface area contributed by atoms with Crippen LogP contribution in [0.2, 0.25) is 0 Å². The van der Waals surface area contributed by atoms with Crippen molar-refractivity contribution in [3.8, 4) is 5.75 Å². The van der Waals surface area contributed by atoms with Crippen molar-refractivity contribution >= 4 is 10.0 Å². The van der Waals surface area contributed by atoms with Crippen LogP contribution in [0.1, 0.15) is 19.3 Å². The number of hydrogen-bond donors (Lipinski definition) is 2. The van der Waals surface area contributed by atoms with Crippen molar-refractivity contribution < 1.29 is 18.3 Å². The molecule has 0 saturated heterocycles. The molecule has 0 unspecified atom stereocenters. The van der Waals surface area contributed by atoms with E-state index in [9.17, 15) is 8.42 Å². The molecule has 1 aliphatic rings. The van der Waals surface area contributed by atoms with Crippen LogP contribution in [-0.2, 0) is 10.0 Å². The van der Waals surface area contributed by atoms with Gasteiger partial charge in [-0.25, -0.2) is 13.1 Å². The van der Waals surface area contributed by atoms with Gasteiger partial charge in [0, 0.05) is 19.1 Å². The molecule has 0 spiro atoms. The molecule has 5 nitrogen and oxygen atoms in total. The number of aliphatic hydroxyl groups excluding tert-OH is 1. The smallest absolute Gasteiger partial charge is 0.240 e. The number of rotatable bonds is 7. The maximum absolute atomic E-state index is 11.9. The van der Waals surface area contributed by atoms with E-state index >= 15 is 0 Å². The van der Waals surface area contributed by atoms with Crippen molar-refractivity contribution in [2.75, 3.05) is 13.2 Å². The van der Waals surface area contributed by atoms with Crippen molar-refractivity contribution in [3.05, 3.63) is 24.3 Å². The van der Waals surface area contributed by atoms with Crippen molar-refractivity contribution in [1.82, 2.24) is 4.72 Å². The molecule has 1 saturated carbocycles. The van der Waals surface area contributed by atoms with E-state index in [1.54, 1.807) is 12.1 Å². The normalized spacial score (nSPS) is 15.6. The molecule has 0 atom stereocenters. The lowest BCUT2D eigenvalue weighted by molar-refractivity contribution is 0.233. The molecule has 0 bridgehead atoms. The molecule has 0 aliphatic heterocycles. The van der Waals surface area contributed by atoms with Gasteiger partial charge in [0.25, 0.3) is 0 Å². The zero-order valence-electron chi connectivity index (χ0n) is 10.0. The summed E-state index contributed by atoms with van der Waals surface area (Å²) in [6, 6.07) is 6.41. The van der Waals surface area contributed by atoms with E-state index in [2.05, 4.69) is 4.72 Å². The summed E-state index contributed by atoms with van der Waals surface area (Å²) in [6.45, 7) is 0.501. The van der Waals surface area contributed by atoms with Crippen LogP contribution in [0.4, 0.5) is 0 Å². The highest BCUT2D eigenvalue weighted by Crippen LogP contribution is 2.23. The van der Waals surface area contributed by atoms with E-state index in [-0.39, 0.29) is 17.5 Å². The molecule has 0 heterocycles. The van der Waals surface area contributed by atoms with Gasteiger partial charge < -0.3 is 9.84 Å². The Bertz CT molecular complexity index is 479. The largest absolute Gasteiger partial charge is 0.494 e. The Morgan fingerprint density at radius 2 is 1.94 bits per heavy atom. The van der Waals surface area contributed by atoms with Crippen molar-refractivity contribution in [1.29, 1.82) is 0 Å². The molecule has 18 heavy (non-hydrogen) atoms. The van der Waals surface area contributed by atoms with Gasteiger partial charge in [-0.1, -0.05) is 0 Å². The maximum Gasteiger partial charge on any atom is 0.240 e. The van der Waals surface area contributed by atoms with Gasteiger partial charge in [-0.15, -0.1) is 0 Å². The van der Waals surface area contributed by atoms with Crippen LogP contribution in [0.25, 0.3) is 0 Å². The second-order valence-electron chi connectivity index (χ2n) is 4.29. The van der Waals surface area contributed by atoms with Gasteiger partial charge in [0.1, 0.15) is 5.75 Å². The second-order valence-corrected chi connectivity index (χ2v) is 6.01. The molecule has 0 radical (unpaired) electrons. The fourth-order valence-corrected chi connectivity index (χ4v) is 2.76. The summed E-state index contributed by atoms with van der Waals surface area (Å²) >= 11 is 0. The van der Waals surface area contributed by atoms with Crippen molar-refractivity contribution in [3.63, 3.8) is 0 Å². The first kappa shape index (κ1) is 13.3. The Hall–Kier alpha value is -1.11. The third kappa shape index (κ3) is 3.69. The average molecular weight is 271 g/mol. The third-order valence-corrected chi connectivity index (χ3v) is 4.14. The number of hydrogen-bond acceptors (Lipinski definition) is 4. The van der Waals surface area contributed by atoms with Crippen molar-refractivity contribution in [2.24, 2.45) is 0 Å². The fraction of sp³-hybridized carbons (Fsp3) is 0.500. The Morgan fingerprint density at radius 3 is 2.50 bits per heavy atom. The average Bonchev–Trinajstić information content (AvgIpc) is 3.13. The Morgan fingerprint density at radius 1 is 1.28 bits per heavy atom. The van der Waals surface area contributed by atoms with E-state index in [0.717, 1.165) is 12.8 Å². The molecule has 2 N–H and O–H groups in total. The fourth-order valence-electron chi connectivity index (χ4n) is 1.46. The number of benzene rings is 1. The predicted molar refractivity (Wildman–Crippen MR) is 67.0 cm³/mol. The molecule has 100 valence electrons. The van der Waals surface area contributed by atoms with Gasteiger partial charge in [-0.2, -0.15) is 0 Å². The molecule has 1 aromatic carbocycles. The molecule has 1 fully saturated rings. The molecule has 1 aromatic rings. The first-order valence-electron chi connectivity index (χ1n) is 5.98. The minimum Gasteiger partial charge on any atom is -0.494 e. The molecule has 0 amide bonds. The maximum atomic E-state index is 11.9. The van der Waals surface area contributed by atoms with Gasteiger partial charge in [0.05, 0.1) is 11.5 Å². The van der Waals surface area contributed by atoms with Gasteiger partial charge in [0.15, 0.2) is 0 Å². The highest BCUT2D eigenvalue weighted by molar-refractivity contribution is 7.89. The van der Waals surface area contributed by atoms with Crippen LogP contribution in [0.15, 0.2) is 29.2 Å². The second kappa shape index (κ2) is 5.69. The van der Waals surface area contributed by atoms with Gasteiger partial charge in [-0.3, -0.25) is 0 Å². The zero-order valence-corrected chi connectivity index (χ0v) is 10.8. The van der Waals surface area contributed by atoms with Crippen molar-refractivity contribution in [2.45, 2.75) is 30.2 Å². The standard InChI is InChI=1S/C12H17NO4S/c14-8-1-9-17-11-4-6-12(7-5-11)18(15,16)13-10-2-3-10/h4-7,10,13-14H,1-3,8-9H2. The summed E-state index contributed by atoms with van der Waals surface area (Å²) in [4.78, 5) is 0.254. The quantitative estimate of drug-likeness (QED) is 0.722. The Labute approximate surface area is 107 Å². The van der Waals surface area contributed by atoms with E-state index in [1.807, 2.05) is 0 Å². The number of nitrogens with one attached hydrogen (secondary N) is 1.